The minimum Gasteiger partial charge on any atom is -0.504 e. The molecule has 0 bridgehead atoms. The highest BCUT2D eigenvalue weighted by Crippen LogP contribution is 2.36. The molecule has 0 unspecified atom stereocenters. The lowest BCUT2D eigenvalue weighted by molar-refractivity contribution is 0.134. The summed E-state index contributed by atoms with van der Waals surface area (Å²) in [6.45, 7) is -0.0871. The van der Waals surface area contributed by atoms with Crippen LogP contribution < -0.4 is 5.32 Å². The Kier molecular flexibility index (Phi) is 6.00. The number of carboxylic acid groups (broad SMARTS) is 1. The van der Waals surface area contributed by atoms with E-state index in [1.807, 2.05) is 42.5 Å². The second-order valence-corrected chi connectivity index (χ2v) is 7.61. The van der Waals surface area contributed by atoms with Crippen molar-refractivity contribution < 1.29 is 24.5 Å². The van der Waals surface area contributed by atoms with Crippen molar-refractivity contribution in [2.24, 2.45) is 0 Å². The van der Waals surface area contributed by atoms with Gasteiger partial charge in [0.25, 0.3) is 0 Å². The van der Waals surface area contributed by atoms with Gasteiger partial charge >= 0.3 is 12.2 Å². The maximum absolute atomic E-state index is 11.3. The molecular formula is C23H16BrN3O5. The van der Waals surface area contributed by atoms with Crippen LogP contribution in [-0.4, -0.2) is 32.4 Å². The highest BCUT2D eigenvalue weighted by Gasteiger charge is 2.16. The fraction of sp³-hybridized carbons (Fsp3) is 0.0435. The summed E-state index contributed by atoms with van der Waals surface area (Å²) in [5.41, 5.74) is 4.45. The molecule has 8 nitrogen and oxygen atoms in total. The van der Waals surface area contributed by atoms with Gasteiger partial charge in [-0.3, -0.25) is 0 Å². The van der Waals surface area contributed by atoms with E-state index in [1.165, 1.54) is 0 Å². The summed E-state index contributed by atoms with van der Waals surface area (Å²) in [5.74, 6) is 0.0193. The Hall–Kier alpha value is -3.98. The predicted molar refractivity (Wildman–Crippen MR) is 121 cm³/mol. The molecule has 4 aromatic rings. The summed E-state index contributed by atoms with van der Waals surface area (Å²) in [4.78, 5) is 31.3. The number of aromatic hydroxyl groups is 1. The van der Waals surface area contributed by atoms with Gasteiger partial charge in [-0.2, -0.15) is 0 Å². The number of carbonyl (C=O) groups is 2. The number of alkyl carbamates (subject to hydrolysis) is 1. The van der Waals surface area contributed by atoms with Gasteiger partial charge in [0.05, 0.1) is 21.4 Å². The second-order valence-electron chi connectivity index (χ2n) is 6.75. The Bertz CT molecular complexity index is 1310. The van der Waals surface area contributed by atoms with E-state index < -0.39 is 12.2 Å². The Morgan fingerprint density at radius 1 is 0.906 bits per heavy atom. The van der Waals surface area contributed by atoms with Gasteiger partial charge in [-0.1, -0.05) is 54.6 Å². The monoisotopic (exact) mass is 493 g/mol. The highest BCUT2D eigenvalue weighted by atomic mass is 79.9. The number of halogens is 1. The smallest absolute Gasteiger partial charge is 0.416 e. The standard InChI is InChI=1S/C23H16BrN3O5/c24-16-10-11-17-20(21(16)28)26-19(14-4-2-1-3-5-14)18(25-17)15-8-6-13(7-9-15)12-32-23(31)27-22(29)30/h1-11,28H,12H2,(H,27,31)(H,29,30). The number of benzene rings is 3. The molecule has 0 aliphatic carbocycles. The Morgan fingerprint density at radius 2 is 1.56 bits per heavy atom. The summed E-state index contributed by atoms with van der Waals surface area (Å²) in [6.07, 6.45) is -2.52. The topological polar surface area (TPSA) is 122 Å². The number of aromatic nitrogens is 2. The number of nitrogens with zero attached hydrogens (tertiary/aromatic N) is 2. The molecule has 2 amide bonds. The lowest BCUT2D eigenvalue weighted by Crippen LogP contribution is -2.29. The van der Waals surface area contributed by atoms with Crippen LogP contribution in [-0.2, 0) is 11.3 Å². The maximum Gasteiger partial charge on any atom is 0.416 e. The number of rotatable bonds is 4. The zero-order valence-corrected chi connectivity index (χ0v) is 18.0. The molecule has 3 N–H and O–H groups in total. The van der Waals surface area contributed by atoms with E-state index in [9.17, 15) is 14.7 Å². The summed E-state index contributed by atoms with van der Waals surface area (Å²) >= 11 is 3.32. The predicted octanol–water partition coefficient (Wildman–Crippen LogP) is 5.34. The van der Waals surface area contributed by atoms with Crippen molar-refractivity contribution in [1.29, 1.82) is 0 Å². The minimum atomic E-state index is -1.48. The number of ether oxygens (including phenoxy) is 1. The van der Waals surface area contributed by atoms with Crippen LogP contribution in [0.15, 0.2) is 71.2 Å². The first-order chi connectivity index (χ1) is 15.4. The van der Waals surface area contributed by atoms with E-state index in [1.54, 1.807) is 29.6 Å². The summed E-state index contributed by atoms with van der Waals surface area (Å²) in [6, 6.07) is 20.1. The molecule has 9 heteroatoms. The van der Waals surface area contributed by atoms with Gasteiger partial charge < -0.3 is 14.9 Å². The summed E-state index contributed by atoms with van der Waals surface area (Å²) < 4.78 is 5.40. The van der Waals surface area contributed by atoms with Crippen LogP contribution >= 0.6 is 15.9 Å². The molecule has 4 rings (SSSR count). The normalized spacial score (nSPS) is 10.7. The lowest BCUT2D eigenvalue weighted by Gasteiger charge is -2.12. The number of hydrogen-bond acceptors (Lipinski definition) is 6. The molecule has 0 fully saturated rings. The molecule has 0 spiro atoms. The third kappa shape index (κ3) is 4.52. The Morgan fingerprint density at radius 3 is 2.25 bits per heavy atom. The number of imide groups is 1. The van der Waals surface area contributed by atoms with E-state index in [-0.39, 0.29) is 12.4 Å². The molecule has 3 aromatic carbocycles. The zero-order chi connectivity index (χ0) is 22.7. The number of fused-ring (bicyclic) bond motifs is 1. The summed E-state index contributed by atoms with van der Waals surface area (Å²) in [5, 5.41) is 20.6. The fourth-order valence-electron chi connectivity index (χ4n) is 3.11. The molecule has 160 valence electrons. The first-order valence-electron chi connectivity index (χ1n) is 9.43. The molecule has 1 heterocycles. The molecule has 1 aromatic heterocycles. The molecule has 0 saturated carbocycles. The van der Waals surface area contributed by atoms with Crippen LogP contribution in [0.25, 0.3) is 33.5 Å². The van der Waals surface area contributed by atoms with Crippen molar-refractivity contribution in [3.63, 3.8) is 0 Å². The van der Waals surface area contributed by atoms with Crippen LogP contribution in [0.3, 0.4) is 0 Å². The Balaban J connectivity index is 1.72. The van der Waals surface area contributed by atoms with Gasteiger partial charge in [-0.25, -0.2) is 24.9 Å². The van der Waals surface area contributed by atoms with Crippen molar-refractivity contribution in [3.8, 4) is 28.3 Å². The molecular weight excluding hydrogens is 478 g/mol. The van der Waals surface area contributed by atoms with Crippen LogP contribution in [0.5, 0.6) is 5.75 Å². The molecule has 0 atom stereocenters. The van der Waals surface area contributed by atoms with Gasteiger partial charge in [0.1, 0.15) is 12.1 Å². The minimum absolute atomic E-state index is 0.0193. The van der Waals surface area contributed by atoms with Gasteiger partial charge in [-0.05, 0) is 33.6 Å². The average Bonchev–Trinajstić information content (AvgIpc) is 2.80. The quantitative estimate of drug-likeness (QED) is 0.350. The maximum atomic E-state index is 11.3. The van der Waals surface area contributed by atoms with Gasteiger partial charge in [-0.15, -0.1) is 0 Å². The zero-order valence-electron chi connectivity index (χ0n) is 16.4. The van der Waals surface area contributed by atoms with Crippen molar-refractivity contribution in [1.82, 2.24) is 15.3 Å². The second kappa shape index (κ2) is 9.03. The van der Waals surface area contributed by atoms with E-state index in [2.05, 4.69) is 15.9 Å². The number of amides is 2. The highest BCUT2D eigenvalue weighted by molar-refractivity contribution is 9.10. The van der Waals surface area contributed by atoms with E-state index in [4.69, 9.17) is 19.8 Å². The molecule has 0 radical (unpaired) electrons. The van der Waals surface area contributed by atoms with Crippen LogP contribution in [0.2, 0.25) is 0 Å². The Labute approximate surface area is 190 Å². The van der Waals surface area contributed by atoms with Gasteiger partial charge in [0.15, 0.2) is 5.75 Å². The number of phenols is 1. The first kappa shape index (κ1) is 21.3. The number of hydrogen-bond donors (Lipinski definition) is 3. The number of nitrogens with one attached hydrogen (secondary N) is 1. The largest absolute Gasteiger partial charge is 0.504 e. The molecule has 0 aliphatic heterocycles. The molecule has 32 heavy (non-hydrogen) atoms. The molecule has 0 saturated heterocycles. The van der Waals surface area contributed by atoms with E-state index in [0.29, 0.717) is 32.5 Å². The van der Waals surface area contributed by atoms with Crippen molar-refractivity contribution in [2.75, 3.05) is 0 Å². The molecule has 0 aliphatic rings. The van der Waals surface area contributed by atoms with Gasteiger partial charge in [0.2, 0.25) is 0 Å². The van der Waals surface area contributed by atoms with Crippen molar-refractivity contribution in [2.45, 2.75) is 6.61 Å². The summed E-state index contributed by atoms with van der Waals surface area (Å²) in [7, 11) is 0. The van der Waals surface area contributed by atoms with Crippen LogP contribution in [0.4, 0.5) is 9.59 Å². The third-order valence-corrected chi connectivity index (χ3v) is 5.25. The van der Waals surface area contributed by atoms with Crippen LogP contribution in [0, 0.1) is 0 Å². The number of carbonyl (C=O) groups excluding carboxylic acids is 1. The number of phenolic OH excluding ortho intramolecular Hbond substituents is 1. The lowest BCUT2D eigenvalue weighted by atomic mass is 10.0. The van der Waals surface area contributed by atoms with Crippen LogP contribution in [0.1, 0.15) is 5.56 Å². The third-order valence-electron chi connectivity index (χ3n) is 4.61. The van der Waals surface area contributed by atoms with E-state index >= 15 is 0 Å². The van der Waals surface area contributed by atoms with Gasteiger partial charge in [0, 0.05) is 11.1 Å². The fourth-order valence-corrected chi connectivity index (χ4v) is 3.43. The SMILES string of the molecule is O=C(O)NC(=O)OCc1ccc(-c2nc3ccc(Br)c(O)c3nc2-c2ccccc2)cc1. The van der Waals surface area contributed by atoms with Crippen molar-refractivity contribution in [3.05, 3.63) is 76.8 Å². The van der Waals surface area contributed by atoms with Crippen molar-refractivity contribution >= 4 is 39.1 Å². The van der Waals surface area contributed by atoms with E-state index in [0.717, 1.165) is 11.1 Å². The first-order valence-corrected chi connectivity index (χ1v) is 10.2. The average molecular weight is 494 g/mol.